The standard InChI is InChI=1S/C13H15N3O2/c1-8-5-11-12(18-4-3-17-11)6-9(8)10-7-13(14-2)16-15-10/h5-7H,3-4H2,1-2H3,(H2,14,15,16). The molecule has 0 unspecified atom stereocenters. The van der Waals surface area contributed by atoms with E-state index in [-0.39, 0.29) is 0 Å². The first-order valence-electron chi connectivity index (χ1n) is 5.91. The van der Waals surface area contributed by atoms with Crippen LogP contribution in [0.25, 0.3) is 11.3 Å². The van der Waals surface area contributed by atoms with Crippen LogP contribution < -0.4 is 14.8 Å². The molecule has 0 radical (unpaired) electrons. The van der Waals surface area contributed by atoms with Crippen LogP contribution in [0.5, 0.6) is 11.5 Å². The normalized spacial score (nSPS) is 13.4. The van der Waals surface area contributed by atoms with E-state index < -0.39 is 0 Å². The number of fused-ring (bicyclic) bond motifs is 1. The predicted octanol–water partition coefficient (Wildman–Crippen LogP) is 2.20. The minimum absolute atomic E-state index is 0.597. The fourth-order valence-electron chi connectivity index (χ4n) is 2.07. The van der Waals surface area contributed by atoms with Crippen molar-refractivity contribution < 1.29 is 9.47 Å². The Balaban J connectivity index is 2.06. The monoisotopic (exact) mass is 245 g/mol. The third kappa shape index (κ3) is 1.77. The molecule has 1 aromatic carbocycles. The van der Waals surface area contributed by atoms with Crippen LogP contribution >= 0.6 is 0 Å². The molecule has 1 aliphatic rings. The van der Waals surface area contributed by atoms with E-state index in [4.69, 9.17) is 9.47 Å². The van der Waals surface area contributed by atoms with Gasteiger partial charge in [-0.3, -0.25) is 5.10 Å². The van der Waals surface area contributed by atoms with Crippen molar-refractivity contribution in [2.24, 2.45) is 0 Å². The molecule has 1 aliphatic heterocycles. The lowest BCUT2D eigenvalue weighted by Crippen LogP contribution is -2.15. The molecule has 5 nitrogen and oxygen atoms in total. The highest BCUT2D eigenvalue weighted by molar-refractivity contribution is 5.70. The number of rotatable bonds is 2. The highest BCUT2D eigenvalue weighted by Gasteiger charge is 2.16. The van der Waals surface area contributed by atoms with Gasteiger partial charge in [0.05, 0.1) is 5.69 Å². The number of H-pyrrole nitrogens is 1. The average Bonchev–Trinajstić information content (AvgIpc) is 2.86. The van der Waals surface area contributed by atoms with Crippen LogP contribution in [0.4, 0.5) is 5.82 Å². The maximum atomic E-state index is 5.60. The van der Waals surface area contributed by atoms with Gasteiger partial charge in [-0.25, -0.2) is 0 Å². The van der Waals surface area contributed by atoms with Gasteiger partial charge < -0.3 is 14.8 Å². The molecular formula is C13H15N3O2. The number of aromatic amines is 1. The Labute approximate surface area is 105 Å². The van der Waals surface area contributed by atoms with E-state index in [0.717, 1.165) is 34.1 Å². The molecule has 2 N–H and O–H groups in total. The Morgan fingerprint density at radius 2 is 1.89 bits per heavy atom. The lowest BCUT2D eigenvalue weighted by Gasteiger charge is -2.20. The number of nitrogens with zero attached hydrogens (tertiary/aromatic N) is 1. The topological polar surface area (TPSA) is 59.2 Å². The van der Waals surface area contributed by atoms with E-state index in [0.29, 0.717) is 13.2 Å². The molecule has 0 bridgehead atoms. The zero-order valence-electron chi connectivity index (χ0n) is 10.4. The van der Waals surface area contributed by atoms with Gasteiger partial charge in [-0.1, -0.05) is 0 Å². The smallest absolute Gasteiger partial charge is 0.162 e. The number of hydrogen-bond acceptors (Lipinski definition) is 4. The van der Waals surface area contributed by atoms with Gasteiger partial charge in [0.25, 0.3) is 0 Å². The van der Waals surface area contributed by atoms with E-state index in [1.54, 1.807) is 0 Å². The van der Waals surface area contributed by atoms with Crippen molar-refractivity contribution >= 4 is 5.82 Å². The first-order valence-corrected chi connectivity index (χ1v) is 5.91. The van der Waals surface area contributed by atoms with Gasteiger partial charge in [-0.05, 0) is 24.6 Å². The molecule has 3 rings (SSSR count). The van der Waals surface area contributed by atoms with Crippen LogP contribution in [-0.2, 0) is 0 Å². The predicted molar refractivity (Wildman–Crippen MR) is 69.3 cm³/mol. The molecule has 2 aromatic rings. The summed E-state index contributed by atoms with van der Waals surface area (Å²) in [5.74, 6) is 2.43. The van der Waals surface area contributed by atoms with E-state index in [1.807, 2.05) is 32.2 Å². The van der Waals surface area contributed by atoms with Crippen LogP contribution in [0.15, 0.2) is 18.2 Å². The summed E-state index contributed by atoms with van der Waals surface area (Å²) in [5, 5.41) is 10.2. The van der Waals surface area contributed by atoms with Gasteiger partial charge in [-0.15, -0.1) is 0 Å². The fraction of sp³-hybridized carbons (Fsp3) is 0.308. The van der Waals surface area contributed by atoms with Gasteiger partial charge >= 0.3 is 0 Å². The van der Waals surface area contributed by atoms with Gasteiger partial charge in [-0.2, -0.15) is 5.10 Å². The maximum absolute atomic E-state index is 5.60. The molecule has 0 saturated carbocycles. The summed E-state index contributed by atoms with van der Waals surface area (Å²) < 4.78 is 11.2. The highest BCUT2D eigenvalue weighted by Crippen LogP contribution is 2.36. The minimum atomic E-state index is 0.597. The molecule has 1 aromatic heterocycles. The largest absolute Gasteiger partial charge is 0.486 e. The van der Waals surface area contributed by atoms with Crippen molar-refractivity contribution in [1.82, 2.24) is 10.2 Å². The molecule has 0 atom stereocenters. The van der Waals surface area contributed by atoms with Crippen molar-refractivity contribution in [1.29, 1.82) is 0 Å². The third-order valence-corrected chi connectivity index (χ3v) is 3.01. The Morgan fingerprint density at radius 3 is 2.56 bits per heavy atom. The Morgan fingerprint density at radius 1 is 1.17 bits per heavy atom. The number of ether oxygens (including phenoxy) is 2. The van der Waals surface area contributed by atoms with Crippen molar-refractivity contribution in [3.63, 3.8) is 0 Å². The van der Waals surface area contributed by atoms with E-state index in [1.165, 1.54) is 0 Å². The second-order valence-corrected chi connectivity index (χ2v) is 4.23. The van der Waals surface area contributed by atoms with Crippen molar-refractivity contribution in [2.45, 2.75) is 6.92 Å². The molecule has 0 saturated heterocycles. The minimum Gasteiger partial charge on any atom is -0.486 e. The molecule has 0 spiro atoms. The molecule has 0 aliphatic carbocycles. The van der Waals surface area contributed by atoms with Crippen molar-refractivity contribution in [2.75, 3.05) is 25.6 Å². The Bertz CT molecular complexity index is 578. The number of anilines is 1. The van der Waals surface area contributed by atoms with Gasteiger partial charge in [0.2, 0.25) is 0 Å². The lowest BCUT2D eigenvalue weighted by molar-refractivity contribution is 0.171. The van der Waals surface area contributed by atoms with E-state index >= 15 is 0 Å². The molecular weight excluding hydrogens is 230 g/mol. The first kappa shape index (κ1) is 11.0. The van der Waals surface area contributed by atoms with E-state index in [2.05, 4.69) is 15.5 Å². The Kier molecular flexibility index (Phi) is 2.59. The molecule has 5 heteroatoms. The summed E-state index contributed by atoms with van der Waals surface area (Å²) in [5.41, 5.74) is 3.17. The second-order valence-electron chi connectivity index (χ2n) is 4.23. The number of benzene rings is 1. The lowest BCUT2D eigenvalue weighted by atomic mass is 10.0. The van der Waals surface area contributed by atoms with Crippen LogP contribution in [0.1, 0.15) is 5.56 Å². The highest BCUT2D eigenvalue weighted by atomic mass is 16.6. The van der Waals surface area contributed by atoms with Gasteiger partial charge in [0.15, 0.2) is 11.5 Å². The Hall–Kier alpha value is -2.17. The van der Waals surface area contributed by atoms with Crippen LogP contribution in [0.2, 0.25) is 0 Å². The van der Waals surface area contributed by atoms with Gasteiger partial charge in [0.1, 0.15) is 19.0 Å². The molecule has 94 valence electrons. The summed E-state index contributed by atoms with van der Waals surface area (Å²) in [6, 6.07) is 5.97. The second kappa shape index (κ2) is 4.25. The summed E-state index contributed by atoms with van der Waals surface area (Å²) in [6.07, 6.45) is 0. The summed E-state index contributed by atoms with van der Waals surface area (Å²) in [7, 11) is 1.84. The van der Waals surface area contributed by atoms with Crippen LogP contribution in [0.3, 0.4) is 0 Å². The molecule has 0 fully saturated rings. The van der Waals surface area contributed by atoms with Gasteiger partial charge in [0, 0.05) is 18.7 Å². The quantitative estimate of drug-likeness (QED) is 0.851. The zero-order chi connectivity index (χ0) is 12.5. The average molecular weight is 245 g/mol. The van der Waals surface area contributed by atoms with Crippen LogP contribution in [-0.4, -0.2) is 30.5 Å². The maximum Gasteiger partial charge on any atom is 0.162 e. The SMILES string of the molecule is CNc1cc(-c2cc3c(cc2C)OCCO3)[nH]n1. The zero-order valence-corrected chi connectivity index (χ0v) is 10.4. The number of hydrogen-bond donors (Lipinski definition) is 2. The van der Waals surface area contributed by atoms with Crippen molar-refractivity contribution in [3.8, 4) is 22.8 Å². The summed E-state index contributed by atoms with van der Waals surface area (Å²) in [6.45, 7) is 3.26. The van der Waals surface area contributed by atoms with Crippen LogP contribution in [0, 0.1) is 6.92 Å². The summed E-state index contributed by atoms with van der Waals surface area (Å²) in [4.78, 5) is 0. The molecule has 18 heavy (non-hydrogen) atoms. The third-order valence-electron chi connectivity index (χ3n) is 3.01. The summed E-state index contributed by atoms with van der Waals surface area (Å²) >= 11 is 0. The number of aryl methyl sites for hydroxylation is 1. The fourth-order valence-corrected chi connectivity index (χ4v) is 2.07. The van der Waals surface area contributed by atoms with Crippen molar-refractivity contribution in [3.05, 3.63) is 23.8 Å². The molecule has 2 heterocycles. The van der Waals surface area contributed by atoms with E-state index in [9.17, 15) is 0 Å². The first-order chi connectivity index (χ1) is 8.78. The number of aromatic nitrogens is 2. The molecule has 0 amide bonds. The number of nitrogens with one attached hydrogen (secondary N) is 2.